The maximum atomic E-state index is 10.7. The summed E-state index contributed by atoms with van der Waals surface area (Å²) in [5, 5.41) is 11.2. The molecular formula is C13H9BrClN3O. The van der Waals surface area contributed by atoms with E-state index in [1.54, 1.807) is 12.3 Å². The Morgan fingerprint density at radius 3 is 2.95 bits per heavy atom. The molecule has 6 heteroatoms. The molecule has 0 radical (unpaired) electrons. The molecule has 1 heterocycles. The molecule has 2 N–H and O–H groups in total. The lowest BCUT2D eigenvalue weighted by atomic mass is 10.1. The lowest BCUT2D eigenvalue weighted by molar-refractivity contribution is -0.104. The monoisotopic (exact) mass is 337 g/mol. The van der Waals surface area contributed by atoms with Crippen LogP contribution in [0.1, 0.15) is 0 Å². The van der Waals surface area contributed by atoms with Gasteiger partial charge in [0, 0.05) is 28.0 Å². The van der Waals surface area contributed by atoms with Gasteiger partial charge in [-0.3, -0.25) is 10.2 Å². The highest BCUT2D eigenvalue weighted by Gasteiger charge is 2.08. The number of benzene rings is 1. The van der Waals surface area contributed by atoms with Gasteiger partial charge in [-0.2, -0.15) is 0 Å². The molecule has 0 unspecified atom stereocenters. The van der Waals surface area contributed by atoms with Crippen molar-refractivity contribution in [2.24, 2.45) is 4.99 Å². The molecule has 2 rings (SSSR count). The van der Waals surface area contributed by atoms with Crippen LogP contribution in [0.25, 0.3) is 0 Å². The van der Waals surface area contributed by atoms with Crippen molar-refractivity contribution in [2.75, 3.05) is 5.32 Å². The first-order chi connectivity index (χ1) is 9.11. The van der Waals surface area contributed by atoms with Crippen LogP contribution in [0.5, 0.6) is 0 Å². The number of carbonyl (C=O) groups is 1. The first kappa shape index (κ1) is 13.7. The van der Waals surface area contributed by atoms with Gasteiger partial charge in [0.25, 0.3) is 0 Å². The number of carbonyl (C=O) groups excluding carboxylic acids is 1. The van der Waals surface area contributed by atoms with Gasteiger partial charge < -0.3 is 5.32 Å². The fourth-order valence-electron chi connectivity index (χ4n) is 1.44. The molecule has 1 aromatic carbocycles. The number of amidine groups is 1. The van der Waals surface area contributed by atoms with Gasteiger partial charge in [-0.15, -0.1) is 0 Å². The summed E-state index contributed by atoms with van der Waals surface area (Å²) >= 11 is 9.44. The fraction of sp³-hybridized carbons (Fsp3) is 0. The summed E-state index contributed by atoms with van der Waals surface area (Å²) in [4.78, 5) is 14.5. The number of halogens is 2. The van der Waals surface area contributed by atoms with Gasteiger partial charge in [-0.25, -0.2) is 4.99 Å². The van der Waals surface area contributed by atoms with E-state index in [9.17, 15) is 4.79 Å². The Morgan fingerprint density at radius 1 is 1.42 bits per heavy atom. The number of nitrogens with zero attached hydrogens (tertiary/aromatic N) is 1. The van der Waals surface area contributed by atoms with E-state index in [0.29, 0.717) is 28.1 Å². The molecule has 4 nitrogen and oxygen atoms in total. The topological polar surface area (TPSA) is 65.3 Å². The summed E-state index contributed by atoms with van der Waals surface area (Å²) < 4.78 is 0.776. The Kier molecular flexibility index (Phi) is 4.29. The van der Waals surface area contributed by atoms with Gasteiger partial charge in [0.15, 0.2) is 12.1 Å². The molecule has 0 saturated heterocycles. The Morgan fingerprint density at radius 2 is 2.21 bits per heavy atom. The first-order valence-corrected chi connectivity index (χ1v) is 6.49. The van der Waals surface area contributed by atoms with Crippen LogP contribution in [-0.4, -0.2) is 18.3 Å². The van der Waals surface area contributed by atoms with E-state index in [0.717, 1.165) is 4.47 Å². The van der Waals surface area contributed by atoms with Gasteiger partial charge in [0.05, 0.1) is 10.7 Å². The first-order valence-electron chi connectivity index (χ1n) is 5.32. The van der Waals surface area contributed by atoms with Crippen molar-refractivity contribution < 1.29 is 4.79 Å². The minimum absolute atomic E-state index is 0.0872. The largest absolute Gasteiger partial charge is 0.360 e. The molecule has 0 spiro atoms. The van der Waals surface area contributed by atoms with Crippen LogP contribution in [0, 0.1) is 5.41 Å². The Bertz CT molecular complexity index is 635. The number of aldehydes is 1. The summed E-state index contributed by atoms with van der Waals surface area (Å²) in [6.45, 7) is 0. The van der Waals surface area contributed by atoms with Gasteiger partial charge in [-0.1, -0.05) is 17.7 Å². The maximum Gasteiger partial charge on any atom is 0.153 e. The summed E-state index contributed by atoms with van der Waals surface area (Å²) in [6.07, 6.45) is 5.23. The molecule has 0 fully saturated rings. The van der Waals surface area contributed by atoms with Crippen molar-refractivity contribution in [3.8, 4) is 0 Å². The van der Waals surface area contributed by atoms with E-state index in [-0.39, 0.29) is 5.84 Å². The van der Waals surface area contributed by atoms with Crippen LogP contribution >= 0.6 is 27.5 Å². The Labute approximate surface area is 123 Å². The van der Waals surface area contributed by atoms with Crippen molar-refractivity contribution in [1.29, 1.82) is 5.41 Å². The average Bonchev–Trinajstić information content (AvgIpc) is 2.42. The van der Waals surface area contributed by atoms with Crippen LogP contribution in [0.15, 0.2) is 51.1 Å². The predicted octanol–water partition coefficient (Wildman–Crippen LogP) is 3.59. The van der Waals surface area contributed by atoms with Crippen LogP contribution < -0.4 is 5.32 Å². The molecule has 0 saturated carbocycles. The highest BCUT2D eigenvalue weighted by Crippen LogP contribution is 2.30. The third-order valence-electron chi connectivity index (χ3n) is 2.41. The smallest absolute Gasteiger partial charge is 0.153 e. The average molecular weight is 339 g/mol. The molecule has 0 bridgehead atoms. The predicted molar refractivity (Wildman–Crippen MR) is 81.2 cm³/mol. The van der Waals surface area contributed by atoms with Crippen LogP contribution in [0.3, 0.4) is 0 Å². The summed E-state index contributed by atoms with van der Waals surface area (Å²) in [5.74, 6) is 0.0872. The lowest BCUT2D eigenvalue weighted by Crippen LogP contribution is -2.06. The second kappa shape index (κ2) is 5.95. The van der Waals surface area contributed by atoms with Gasteiger partial charge in [0.2, 0.25) is 0 Å². The minimum atomic E-state index is 0.0872. The zero-order valence-electron chi connectivity index (χ0n) is 9.65. The van der Waals surface area contributed by atoms with Crippen molar-refractivity contribution in [3.63, 3.8) is 0 Å². The van der Waals surface area contributed by atoms with Crippen molar-refractivity contribution in [3.05, 3.63) is 51.1 Å². The molecule has 0 aromatic heterocycles. The maximum absolute atomic E-state index is 10.7. The van der Waals surface area contributed by atoms with Gasteiger partial charge in [0.1, 0.15) is 0 Å². The van der Waals surface area contributed by atoms with Gasteiger partial charge in [-0.05, 0) is 34.1 Å². The van der Waals surface area contributed by atoms with E-state index >= 15 is 0 Å². The minimum Gasteiger partial charge on any atom is -0.360 e. The molecule has 19 heavy (non-hydrogen) atoms. The van der Waals surface area contributed by atoms with Crippen LogP contribution in [0.2, 0.25) is 5.02 Å². The van der Waals surface area contributed by atoms with E-state index in [1.165, 1.54) is 6.21 Å². The van der Waals surface area contributed by atoms with Crippen LogP contribution in [0.4, 0.5) is 5.69 Å². The highest BCUT2D eigenvalue weighted by molar-refractivity contribution is 9.10. The lowest BCUT2D eigenvalue weighted by Gasteiger charge is -2.09. The number of anilines is 1. The summed E-state index contributed by atoms with van der Waals surface area (Å²) in [6, 6.07) is 5.48. The Hall–Kier alpha value is -1.72. The fourth-order valence-corrected chi connectivity index (χ4v) is 1.99. The molecule has 0 atom stereocenters. The molecule has 0 amide bonds. The number of dihydropyridines is 1. The molecule has 1 aromatic rings. The summed E-state index contributed by atoms with van der Waals surface area (Å²) in [5.41, 5.74) is 1.64. The second-order valence-electron chi connectivity index (χ2n) is 3.71. The molecule has 1 aliphatic heterocycles. The molecule has 96 valence electrons. The highest BCUT2D eigenvalue weighted by atomic mass is 79.9. The number of allylic oxidation sites excluding steroid dienone is 1. The van der Waals surface area contributed by atoms with E-state index in [1.807, 2.05) is 18.2 Å². The number of rotatable bonds is 3. The summed E-state index contributed by atoms with van der Waals surface area (Å²) in [7, 11) is 0. The van der Waals surface area contributed by atoms with Crippen LogP contribution in [-0.2, 0) is 4.79 Å². The molecular weight excluding hydrogens is 330 g/mol. The number of aliphatic imine (C=N–C) groups is 1. The molecule has 1 aliphatic rings. The van der Waals surface area contributed by atoms with E-state index in [4.69, 9.17) is 17.0 Å². The standard InChI is InChI=1S/C13H9BrClN3O/c14-10-2-1-3-11(12(10)15)17-6-9-4-8(7-19)5-18-13(9)16/h1-7,16-17H/b9-6-,16-13?. The third kappa shape index (κ3) is 3.19. The SMILES string of the molecule is N=C1N=CC(C=O)=C/C1=C/Nc1cccc(Br)c1Cl. The zero-order chi connectivity index (χ0) is 13.8. The van der Waals surface area contributed by atoms with E-state index < -0.39 is 0 Å². The van der Waals surface area contributed by atoms with Crippen molar-refractivity contribution >= 4 is 51.6 Å². The Balaban J connectivity index is 2.25. The van der Waals surface area contributed by atoms with Gasteiger partial charge >= 0.3 is 0 Å². The number of hydrogen-bond acceptors (Lipinski definition) is 3. The van der Waals surface area contributed by atoms with Crippen molar-refractivity contribution in [2.45, 2.75) is 0 Å². The second-order valence-corrected chi connectivity index (χ2v) is 4.95. The zero-order valence-corrected chi connectivity index (χ0v) is 12.0. The third-order valence-corrected chi connectivity index (χ3v) is 3.71. The number of nitrogens with one attached hydrogen (secondary N) is 2. The quantitative estimate of drug-likeness (QED) is 0.827. The van der Waals surface area contributed by atoms with E-state index in [2.05, 4.69) is 26.2 Å². The normalized spacial score (nSPS) is 16.4. The molecule has 0 aliphatic carbocycles. The van der Waals surface area contributed by atoms with Crippen molar-refractivity contribution in [1.82, 2.24) is 0 Å². The number of hydrogen-bond donors (Lipinski definition) is 2.